The Bertz CT molecular complexity index is 555. The number of hydrogen-bond acceptors (Lipinski definition) is 2. The van der Waals surface area contributed by atoms with Crippen LogP contribution in [0.25, 0.3) is 0 Å². The van der Waals surface area contributed by atoms with Gasteiger partial charge in [-0.2, -0.15) is 0 Å². The van der Waals surface area contributed by atoms with Gasteiger partial charge in [-0.3, -0.25) is 4.98 Å². The molecule has 0 aliphatic heterocycles. The predicted octanol–water partition coefficient (Wildman–Crippen LogP) is 3.88. The molecule has 1 atom stereocenters. The van der Waals surface area contributed by atoms with Crippen LogP contribution in [0.2, 0.25) is 5.02 Å². The van der Waals surface area contributed by atoms with Crippen molar-refractivity contribution in [3.63, 3.8) is 0 Å². The van der Waals surface area contributed by atoms with Crippen LogP contribution in [-0.2, 0) is 0 Å². The molecule has 0 spiro atoms. The molecule has 0 amide bonds. The zero-order chi connectivity index (χ0) is 13.8. The van der Waals surface area contributed by atoms with Gasteiger partial charge in [0, 0.05) is 11.8 Å². The lowest BCUT2D eigenvalue weighted by atomic mass is 10.0. The van der Waals surface area contributed by atoms with Crippen molar-refractivity contribution in [2.45, 2.75) is 19.9 Å². The van der Waals surface area contributed by atoms with Crippen molar-refractivity contribution in [3.05, 3.63) is 64.2 Å². The van der Waals surface area contributed by atoms with Crippen LogP contribution in [0.1, 0.15) is 29.8 Å². The Morgan fingerprint density at radius 3 is 2.74 bits per heavy atom. The maximum absolute atomic E-state index is 14.0. The number of halogens is 2. The number of nitrogens with one attached hydrogen (secondary N) is 1. The molecule has 1 unspecified atom stereocenters. The molecule has 0 saturated heterocycles. The first kappa shape index (κ1) is 14.0. The van der Waals surface area contributed by atoms with Crippen molar-refractivity contribution in [2.75, 3.05) is 6.54 Å². The Balaban J connectivity index is 2.44. The summed E-state index contributed by atoms with van der Waals surface area (Å²) in [7, 11) is 0. The van der Waals surface area contributed by atoms with Gasteiger partial charge in [0.2, 0.25) is 0 Å². The van der Waals surface area contributed by atoms with Gasteiger partial charge in [-0.25, -0.2) is 4.39 Å². The summed E-state index contributed by atoms with van der Waals surface area (Å²) in [4.78, 5) is 4.28. The van der Waals surface area contributed by atoms with Crippen molar-refractivity contribution >= 4 is 11.6 Å². The lowest BCUT2D eigenvalue weighted by molar-refractivity contribution is 0.551. The van der Waals surface area contributed by atoms with E-state index in [-0.39, 0.29) is 11.9 Å². The Labute approximate surface area is 117 Å². The van der Waals surface area contributed by atoms with E-state index in [1.165, 1.54) is 6.07 Å². The minimum absolute atomic E-state index is 0.228. The Kier molecular flexibility index (Phi) is 4.51. The molecule has 0 radical (unpaired) electrons. The van der Waals surface area contributed by atoms with Gasteiger partial charge >= 0.3 is 0 Å². The van der Waals surface area contributed by atoms with Crippen molar-refractivity contribution in [3.8, 4) is 0 Å². The number of hydrogen-bond donors (Lipinski definition) is 1. The molecule has 100 valence electrons. The SMILES string of the molecule is CCNC(c1ccc(Cl)cn1)c1cc(C)ccc1F. The normalized spacial score (nSPS) is 12.4. The van der Waals surface area contributed by atoms with Crippen LogP contribution < -0.4 is 5.32 Å². The van der Waals surface area contributed by atoms with E-state index in [4.69, 9.17) is 11.6 Å². The fourth-order valence-corrected chi connectivity index (χ4v) is 2.13. The molecule has 0 saturated carbocycles. The molecule has 2 aromatic rings. The summed E-state index contributed by atoms with van der Waals surface area (Å²) in [5.74, 6) is -0.228. The number of aromatic nitrogens is 1. The van der Waals surface area contributed by atoms with Crippen molar-refractivity contribution < 1.29 is 4.39 Å². The number of nitrogens with zero attached hydrogens (tertiary/aromatic N) is 1. The Morgan fingerprint density at radius 1 is 1.32 bits per heavy atom. The van der Waals surface area contributed by atoms with Crippen LogP contribution in [0.3, 0.4) is 0 Å². The first-order valence-corrected chi connectivity index (χ1v) is 6.60. The molecule has 19 heavy (non-hydrogen) atoms. The summed E-state index contributed by atoms with van der Waals surface area (Å²) in [6, 6.07) is 8.42. The van der Waals surface area contributed by atoms with Crippen molar-refractivity contribution in [1.82, 2.24) is 10.3 Å². The van der Waals surface area contributed by atoms with Crippen LogP contribution in [0.15, 0.2) is 36.5 Å². The third kappa shape index (κ3) is 3.31. The van der Waals surface area contributed by atoms with Crippen molar-refractivity contribution in [2.24, 2.45) is 0 Å². The monoisotopic (exact) mass is 278 g/mol. The molecule has 2 nitrogen and oxygen atoms in total. The standard InChI is InChI=1S/C15H16ClFN2/c1-3-18-15(14-7-5-11(16)9-19-14)12-8-10(2)4-6-13(12)17/h4-9,15,18H,3H2,1-2H3. The second kappa shape index (κ2) is 6.13. The first-order valence-electron chi connectivity index (χ1n) is 6.22. The minimum atomic E-state index is -0.262. The molecule has 0 fully saturated rings. The molecule has 0 bridgehead atoms. The van der Waals surface area contributed by atoms with Crippen LogP contribution in [0.4, 0.5) is 4.39 Å². The molecule has 2 rings (SSSR count). The summed E-state index contributed by atoms with van der Waals surface area (Å²) in [6.07, 6.45) is 1.58. The van der Waals surface area contributed by atoms with Crippen LogP contribution >= 0.6 is 11.6 Å². The van der Waals surface area contributed by atoms with Gasteiger partial charge in [0.15, 0.2) is 0 Å². The number of rotatable bonds is 4. The summed E-state index contributed by atoms with van der Waals surface area (Å²) in [5.41, 5.74) is 2.39. The highest BCUT2D eigenvalue weighted by atomic mass is 35.5. The molecule has 1 heterocycles. The van der Waals surface area contributed by atoms with E-state index in [0.29, 0.717) is 10.6 Å². The molecule has 4 heteroatoms. The molecule has 1 aromatic heterocycles. The molecule has 0 aliphatic carbocycles. The number of pyridine rings is 1. The topological polar surface area (TPSA) is 24.9 Å². The first-order chi connectivity index (χ1) is 9.11. The minimum Gasteiger partial charge on any atom is -0.305 e. The smallest absolute Gasteiger partial charge is 0.128 e. The zero-order valence-corrected chi connectivity index (χ0v) is 11.7. The van der Waals surface area contributed by atoms with E-state index < -0.39 is 0 Å². The summed E-state index contributed by atoms with van der Waals surface area (Å²) < 4.78 is 14.0. The highest BCUT2D eigenvalue weighted by Crippen LogP contribution is 2.24. The number of benzene rings is 1. The average Bonchev–Trinajstić information content (AvgIpc) is 2.40. The average molecular weight is 279 g/mol. The molecular weight excluding hydrogens is 263 g/mol. The Morgan fingerprint density at radius 2 is 2.11 bits per heavy atom. The van der Waals surface area contributed by atoms with E-state index in [2.05, 4.69) is 10.3 Å². The fraction of sp³-hybridized carbons (Fsp3) is 0.267. The van der Waals surface area contributed by atoms with E-state index in [9.17, 15) is 4.39 Å². The summed E-state index contributed by atoms with van der Waals surface area (Å²) in [6.45, 7) is 4.65. The second-order valence-electron chi connectivity index (χ2n) is 4.42. The third-order valence-electron chi connectivity index (χ3n) is 2.92. The van der Waals surface area contributed by atoms with E-state index in [1.807, 2.05) is 26.0 Å². The zero-order valence-electron chi connectivity index (χ0n) is 11.0. The quantitative estimate of drug-likeness (QED) is 0.918. The number of aryl methyl sites for hydroxylation is 1. The molecule has 0 aliphatic rings. The summed E-state index contributed by atoms with van der Waals surface area (Å²) in [5, 5.41) is 3.83. The van der Waals surface area contributed by atoms with Gasteiger partial charge in [-0.15, -0.1) is 0 Å². The Hall–Kier alpha value is -1.45. The molecule has 1 aromatic carbocycles. The van der Waals surface area contributed by atoms with Gasteiger partial charge in [0.05, 0.1) is 16.8 Å². The van der Waals surface area contributed by atoms with Crippen LogP contribution in [0, 0.1) is 12.7 Å². The predicted molar refractivity (Wildman–Crippen MR) is 75.9 cm³/mol. The maximum atomic E-state index is 14.0. The highest BCUT2D eigenvalue weighted by molar-refractivity contribution is 6.30. The van der Waals surface area contributed by atoms with Gasteiger partial charge in [-0.05, 0) is 31.7 Å². The van der Waals surface area contributed by atoms with Crippen molar-refractivity contribution in [1.29, 1.82) is 0 Å². The van der Waals surface area contributed by atoms with Gasteiger partial charge < -0.3 is 5.32 Å². The fourth-order valence-electron chi connectivity index (χ4n) is 2.02. The van der Waals surface area contributed by atoms with Crippen LogP contribution in [-0.4, -0.2) is 11.5 Å². The van der Waals surface area contributed by atoms with E-state index in [1.54, 1.807) is 18.3 Å². The molecule has 1 N–H and O–H groups in total. The van der Waals surface area contributed by atoms with Gasteiger partial charge in [-0.1, -0.05) is 36.2 Å². The summed E-state index contributed by atoms with van der Waals surface area (Å²) >= 11 is 5.84. The lowest BCUT2D eigenvalue weighted by Gasteiger charge is -2.19. The van der Waals surface area contributed by atoms with Crippen LogP contribution in [0.5, 0.6) is 0 Å². The maximum Gasteiger partial charge on any atom is 0.128 e. The van der Waals surface area contributed by atoms with Gasteiger partial charge in [0.25, 0.3) is 0 Å². The largest absolute Gasteiger partial charge is 0.305 e. The second-order valence-corrected chi connectivity index (χ2v) is 4.85. The highest BCUT2D eigenvalue weighted by Gasteiger charge is 2.18. The third-order valence-corrected chi connectivity index (χ3v) is 3.14. The molecular formula is C15H16ClFN2. The van der Waals surface area contributed by atoms with Gasteiger partial charge in [0.1, 0.15) is 5.82 Å². The van der Waals surface area contributed by atoms with E-state index >= 15 is 0 Å². The van der Waals surface area contributed by atoms with E-state index in [0.717, 1.165) is 17.8 Å². The lowest BCUT2D eigenvalue weighted by Crippen LogP contribution is -2.24.